The zero-order valence-corrected chi connectivity index (χ0v) is 12.2. The summed E-state index contributed by atoms with van der Waals surface area (Å²) in [5.41, 5.74) is 1.12. The Morgan fingerprint density at radius 1 is 1.10 bits per heavy atom. The molecule has 0 saturated carbocycles. The largest absolute Gasteiger partial charge is 0.454 e. The van der Waals surface area contributed by atoms with Crippen LogP contribution in [0.2, 0.25) is 0 Å². The lowest BCUT2D eigenvalue weighted by Crippen LogP contribution is -2.19. The van der Waals surface area contributed by atoms with Crippen molar-refractivity contribution in [2.24, 2.45) is 0 Å². The Kier molecular flexibility index (Phi) is 5.28. The third-order valence-electron chi connectivity index (χ3n) is 3.22. The Labute approximate surface area is 123 Å². The van der Waals surface area contributed by atoms with Gasteiger partial charge in [-0.3, -0.25) is 0 Å². The van der Waals surface area contributed by atoms with Crippen LogP contribution < -0.4 is 10.1 Å². The first-order valence-corrected chi connectivity index (χ1v) is 7.07. The molecule has 0 heterocycles. The smallest absolute Gasteiger partial charge is 0.201 e. The van der Waals surface area contributed by atoms with Crippen LogP contribution in [-0.2, 0) is 0 Å². The van der Waals surface area contributed by atoms with Gasteiger partial charge in [0.1, 0.15) is 5.75 Å². The molecule has 2 aromatic carbocycles. The monoisotopic (exact) mass is 291 g/mol. The highest BCUT2D eigenvalue weighted by molar-refractivity contribution is 5.34. The van der Waals surface area contributed by atoms with Crippen molar-refractivity contribution < 1.29 is 13.5 Å². The number of benzene rings is 2. The molecule has 0 amide bonds. The first-order valence-electron chi connectivity index (χ1n) is 7.07. The van der Waals surface area contributed by atoms with Gasteiger partial charge in [0.05, 0.1) is 0 Å². The summed E-state index contributed by atoms with van der Waals surface area (Å²) in [6.45, 7) is 5.15. The average molecular weight is 291 g/mol. The van der Waals surface area contributed by atoms with Gasteiger partial charge in [0.2, 0.25) is 5.82 Å². The van der Waals surface area contributed by atoms with Gasteiger partial charge in [-0.25, -0.2) is 4.39 Å². The van der Waals surface area contributed by atoms with Gasteiger partial charge in [0.25, 0.3) is 0 Å². The Morgan fingerprint density at radius 3 is 2.48 bits per heavy atom. The van der Waals surface area contributed by atoms with Crippen LogP contribution in [0.3, 0.4) is 0 Å². The fourth-order valence-corrected chi connectivity index (χ4v) is 1.99. The van der Waals surface area contributed by atoms with E-state index >= 15 is 0 Å². The predicted molar refractivity (Wildman–Crippen MR) is 79.6 cm³/mol. The van der Waals surface area contributed by atoms with Crippen molar-refractivity contribution in [2.75, 3.05) is 6.54 Å². The number of ether oxygens (including phenoxy) is 1. The SMILES string of the molecule is CCCNC(C)c1ccc(Oc2cccc(F)c2F)cc1. The lowest BCUT2D eigenvalue weighted by atomic mass is 10.1. The maximum Gasteiger partial charge on any atom is 0.201 e. The number of hydrogen-bond donors (Lipinski definition) is 1. The molecule has 0 aliphatic carbocycles. The second-order valence-corrected chi connectivity index (χ2v) is 4.90. The highest BCUT2D eigenvalue weighted by Crippen LogP contribution is 2.26. The second kappa shape index (κ2) is 7.18. The van der Waals surface area contributed by atoms with Gasteiger partial charge in [0.15, 0.2) is 11.6 Å². The van der Waals surface area contributed by atoms with Gasteiger partial charge in [-0.1, -0.05) is 25.1 Å². The molecule has 0 bridgehead atoms. The molecule has 1 N–H and O–H groups in total. The van der Waals surface area contributed by atoms with E-state index in [0.29, 0.717) is 5.75 Å². The summed E-state index contributed by atoms with van der Waals surface area (Å²) in [5, 5.41) is 3.38. The van der Waals surface area contributed by atoms with Gasteiger partial charge < -0.3 is 10.1 Å². The van der Waals surface area contributed by atoms with Crippen molar-refractivity contribution in [3.8, 4) is 11.5 Å². The molecule has 2 nitrogen and oxygen atoms in total. The van der Waals surface area contributed by atoms with Crippen LogP contribution in [0.15, 0.2) is 42.5 Å². The number of rotatable bonds is 6. The molecule has 1 unspecified atom stereocenters. The van der Waals surface area contributed by atoms with Gasteiger partial charge in [0, 0.05) is 6.04 Å². The zero-order valence-electron chi connectivity index (χ0n) is 12.2. The lowest BCUT2D eigenvalue weighted by Gasteiger charge is -2.14. The van der Waals surface area contributed by atoms with E-state index in [2.05, 4.69) is 19.2 Å². The van der Waals surface area contributed by atoms with Crippen LogP contribution in [0, 0.1) is 11.6 Å². The number of hydrogen-bond acceptors (Lipinski definition) is 2. The van der Waals surface area contributed by atoms with Crippen molar-refractivity contribution in [3.63, 3.8) is 0 Å². The number of halogens is 2. The molecule has 2 rings (SSSR count). The molecule has 112 valence electrons. The molecule has 0 spiro atoms. The van der Waals surface area contributed by atoms with Crippen molar-refractivity contribution in [1.29, 1.82) is 0 Å². The van der Waals surface area contributed by atoms with Crippen LogP contribution in [0.5, 0.6) is 11.5 Å². The van der Waals surface area contributed by atoms with Crippen LogP contribution in [0.1, 0.15) is 31.9 Å². The van der Waals surface area contributed by atoms with E-state index in [-0.39, 0.29) is 11.8 Å². The van der Waals surface area contributed by atoms with E-state index in [1.54, 1.807) is 12.1 Å². The molecule has 0 aromatic heterocycles. The average Bonchev–Trinajstić information content (AvgIpc) is 2.50. The van der Waals surface area contributed by atoms with Crippen LogP contribution >= 0.6 is 0 Å². The van der Waals surface area contributed by atoms with Gasteiger partial charge >= 0.3 is 0 Å². The summed E-state index contributed by atoms with van der Waals surface area (Å²) in [7, 11) is 0. The zero-order chi connectivity index (χ0) is 15.2. The number of nitrogens with one attached hydrogen (secondary N) is 1. The molecule has 2 aromatic rings. The van der Waals surface area contributed by atoms with Crippen LogP contribution in [0.4, 0.5) is 8.78 Å². The Morgan fingerprint density at radius 2 is 1.81 bits per heavy atom. The Balaban J connectivity index is 2.07. The minimum Gasteiger partial charge on any atom is -0.454 e. The van der Waals surface area contributed by atoms with E-state index in [0.717, 1.165) is 24.6 Å². The Bertz CT molecular complexity index is 584. The van der Waals surface area contributed by atoms with Gasteiger partial charge in [-0.05, 0) is 49.7 Å². The molecule has 0 fully saturated rings. The first kappa shape index (κ1) is 15.4. The van der Waals surface area contributed by atoms with E-state index in [4.69, 9.17) is 4.74 Å². The fraction of sp³-hybridized carbons (Fsp3) is 0.294. The summed E-state index contributed by atoms with van der Waals surface area (Å²) >= 11 is 0. The third-order valence-corrected chi connectivity index (χ3v) is 3.22. The standard InChI is InChI=1S/C17H19F2NO/c1-3-11-20-12(2)13-7-9-14(10-8-13)21-16-6-4-5-15(18)17(16)19/h4-10,12,20H,3,11H2,1-2H3. The maximum atomic E-state index is 13.5. The lowest BCUT2D eigenvalue weighted by molar-refractivity contribution is 0.416. The second-order valence-electron chi connectivity index (χ2n) is 4.90. The Hall–Kier alpha value is -1.94. The highest BCUT2D eigenvalue weighted by atomic mass is 19.2. The van der Waals surface area contributed by atoms with E-state index in [1.165, 1.54) is 12.1 Å². The minimum absolute atomic E-state index is 0.111. The molecule has 0 aliphatic rings. The first-order chi connectivity index (χ1) is 10.1. The molecule has 21 heavy (non-hydrogen) atoms. The quantitative estimate of drug-likeness (QED) is 0.824. The van der Waals surface area contributed by atoms with Crippen molar-refractivity contribution in [3.05, 3.63) is 59.7 Å². The normalized spacial score (nSPS) is 12.2. The van der Waals surface area contributed by atoms with Crippen molar-refractivity contribution >= 4 is 0 Å². The third kappa shape index (κ3) is 4.02. The molecule has 1 atom stereocenters. The van der Waals surface area contributed by atoms with Gasteiger partial charge in [-0.15, -0.1) is 0 Å². The summed E-state index contributed by atoms with van der Waals surface area (Å²) in [4.78, 5) is 0. The highest BCUT2D eigenvalue weighted by Gasteiger charge is 2.10. The summed E-state index contributed by atoms with van der Waals surface area (Å²) < 4.78 is 32.0. The van der Waals surface area contributed by atoms with Crippen LogP contribution in [0.25, 0.3) is 0 Å². The molecule has 0 saturated heterocycles. The molecular formula is C17H19F2NO. The maximum absolute atomic E-state index is 13.5. The van der Waals surface area contributed by atoms with Crippen LogP contribution in [-0.4, -0.2) is 6.54 Å². The fourth-order valence-electron chi connectivity index (χ4n) is 1.99. The van der Waals surface area contributed by atoms with Crippen molar-refractivity contribution in [1.82, 2.24) is 5.32 Å². The molecule has 0 radical (unpaired) electrons. The van der Waals surface area contributed by atoms with E-state index in [1.807, 2.05) is 12.1 Å². The topological polar surface area (TPSA) is 21.3 Å². The minimum atomic E-state index is -0.973. The van der Waals surface area contributed by atoms with E-state index < -0.39 is 11.6 Å². The summed E-state index contributed by atoms with van der Waals surface area (Å²) in [5.74, 6) is -1.52. The molecule has 0 aliphatic heterocycles. The van der Waals surface area contributed by atoms with Crippen molar-refractivity contribution in [2.45, 2.75) is 26.3 Å². The molecule has 4 heteroatoms. The van der Waals surface area contributed by atoms with E-state index in [9.17, 15) is 8.78 Å². The predicted octanol–water partition coefficient (Wildman–Crippen LogP) is 4.82. The summed E-state index contributed by atoms with van der Waals surface area (Å²) in [6, 6.07) is 11.5. The molecular weight excluding hydrogens is 272 g/mol. The van der Waals surface area contributed by atoms with Gasteiger partial charge in [-0.2, -0.15) is 4.39 Å². The summed E-state index contributed by atoms with van der Waals surface area (Å²) in [6.07, 6.45) is 1.07.